The Labute approximate surface area is 317 Å². The van der Waals surface area contributed by atoms with Crippen molar-refractivity contribution in [2.24, 2.45) is 22.1 Å². The number of amides is 2. The van der Waals surface area contributed by atoms with Crippen molar-refractivity contribution in [3.8, 4) is 5.75 Å². The topological polar surface area (TPSA) is 116 Å². The molecule has 2 fully saturated rings. The molecule has 5 aliphatic rings. The van der Waals surface area contributed by atoms with E-state index in [0.717, 1.165) is 49.4 Å². The monoisotopic (exact) mass is 771 g/mol. The van der Waals surface area contributed by atoms with Gasteiger partial charge in [0.05, 0.1) is 36.4 Å². The van der Waals surface area contributed by atoms with Crippen molar-refractivity contribution < 1.29 is 37.1 Å². The largest absolute Gasteiger partial charge is 0.490 e. The molecule has 1 saturated carbocycles. The zero-order chi connectivity index (χ0) is 37.3. The molecule has 3 heterocycles. The summed E-state index contributed by atoms with van der Waals surface area (Å²) >= 11 is 6.46. The molecule has 288 valence electrons. The first-order valence-corrected chi connectivity index (χ1v) is 20.9. The number of carbonyl (C=O) groups excluding carboxylic acids is 2. The van der Waals surface area contributed by atoms with Gasteiger partial charge in [-0.15, -0.1) is 4.36 Å². The van der Waals surface area contributed by atoms with Gasteiger partial charge >= 0.3 is 0 Å². The normalized spacial score (nSPS) is 35.1. The van der Waals surface area contributed by atoms with Crippen molar-refractivity contribution >= 4 is 39.0 Å². The molecule has 2 aromatic rings. The third-order valence-corrected chi connectivity index (χ3v) is 14.8. The van der Waals surface area contributed by atoms with Crippen LogP contribution in [0.5, 0.6) is 5.75 Å². The molecule has 0 aromatic heterocycles. The van der Waals surface area contributed by atoms with Gasteiger partial charge in [-0.05, 0) is 111 Å². The summed E-state index contributed by atoms with van der Waals surface area (Å²) < 4.78 is 59.3. The van der Waals surface area contributed by atoms with E-state index in [-0.39, 0.29) is 29.6 Å². The molecular formula is C40H51ClFN3O7S. The van der Waals surface area contributed by atoms with Gasteiger partial charge in [0.25, 0.3) is 11.8 Å². The number of allylic oxidation sites excluding steroid dienone is 1. The molecular weight excluding hydrogens is 721 g/mol. The maximum Gasteiger partial charge on any atom is 0.286 e. The van der Waals surface area contributed by atoms with Gasteiger partial charge in [0.15, 0.2) is 0 Å². The first-order valence-electron chi connectivity index (χ1n) is 18.9. The summed E-state index contributed by atoms with van der Waals surface area (Å²) in [5.41, 5.74) is 3.25. The van der Waals surface area contributed by atoms with Crippen molar-refractivity contribution in [3.63, 3.8) is 0 Å². The standard InChI is InChI=1S/C40H51ClFN3O7S/c1-25-6-4-8-35(49-3)31-12-9-29(31)20-45-23-40(16-5-7-27-18-30(41)11-13-32(27)40)24-52-37-14-10-28(19-34(37)45)39(47)44-53(48,26(25)2)43-38(46)22-51-36-15-17-50-21-33(36)42/h4,8,10-11,13-14,18-19,25-26,29,31,33,35-36H,5-7,9,12,15-17,20-24H2,1-3H3,(H,43,44,46,47,48)/b8-4+. The zero-order valence-electron chi connectivity index (χ0n) is 30.8. The Hall–Kier alpha value is -3.03. The van der Waals surface area contributed by atoms with Crippen LogP contribution in [0.3, 0.4) is 0 Å². The number of halogens is 2. The number of carbonyl (C=O) groups is 2. The van der Waals surface area contributed by atoms with E-state index in [9.17, 15) is 18.2 Å². The molecule has 1 spiro atoms. The van der Waals surface area contributed by atoms with Gasteiger partial charge in [-0.1, -0.05) is 36.7 Å². The summed E-state index contributed by atoms with van der Waals surface area (Å²) in [5, 5.41) is 0.00560. The Morgan fingerprint density at radius 2 is 2.04 bits per heavy atom. The molecule has 2 amide bonds. The Balaban J connectivity index is 1.26. The minimum atomic E-state index is -3.68. The fraction of sp³-hybridized carbons (Fsp3) is 0.600. The molecule has 9 atom stereocenters. The smallest absolute Gasteiger partial charge is 0.286 e. The summed E-state index contributed by atoms with van der Waals surface area (Å²) in [6.07, 6.45) is 7.75. The molecule has 10 nitrogen and oxygen atoms in total. The number of nitrogens with zero attached hydrogens (tertiary/aromatic N) is 2. The second kappa shape index (κ2) is 16.0. The third kappa shape index (κ3) is 8.03. The lowest BCUT2D eigenvalue weighted by atomic mass is 9.68. The Morgan fingerprint density at radius 1 is 1.19 bits per heavy atom. The van der Waals surface area contributed by atoms with Crippen LogP contribution in [-0.2, 0) is 40.8 Å². The highest BCUT2D eigenvalue weighted by molar-refractivity contribution is 7.93. The second-order valence-corrected chi connectivity index (χ2v) is 18.3. The number of fused-ring (bicyclic) bond motifs is 4. The average molecular weight is 772 g/mol. The number of nitrogens with one attached hydrogen (secondary N) is 1. The highest BCUT2D eigenvalue weighted by atomic mass is 35.5. The van der Waals surface area contributed by atoms with Gasteiger partial charge in [0, 0.05) is 42.8 Å². The molecule has 0 radical (unpaired) electrons. The first kappa shape index (κ1) is 38.3. The number of rotatable bonds is 5. The number of hydrogen-bond acceptors (Lipinski definition) is 8. The number of aryl methyl sites for hydroxylation is 1. The van der Waals surface area contributed by atoms with E-state index in [2.05, 4.69) is 38.3 Å². The molecule has 53 heavy (non-hydrogen) atoms. The van der Waals surface area contributed by atoms with E-state index < -0.39 is 45.9 Å². The van der Waals surface area contributed by atoms with Crippen molar-refractivity contribution in [1.29, 1.82) is 0 Å². The van der Waals surface area contributed by atoms with Gasteiger partial charge in [0.1, 0.15) is 28.4 Å². The van der Waals surface area contributed by atoms with Gasteiger partial charge in [-0.25, -0.2) is 8.60 Å². The molecule has 1 saturated heterocycles. The zero-order valence-corrected chi connectivity index (χ0v) is 32.3. The minimum absolute atomic E-state index is 0.0957. The van der Waals surface area contributed by atoms with Crippen molar-refractivity contribution in [1.82, 2.24) is 4.72 Å². The maximum absolute atomic E-state index is 14.8. The summed E-state index contributed by atoms with van der Waals surface area (Å²) in [5.74, 6) is -0.325. The van der Waals surface area contributed by atoms with Crippen molar-refractivity contribution in [2.75, 3.05) is 51.5 Å². The Kier molecular flexibility index (Phi) is 11.5. The van der Waals surface area contributed by atoms with Crippen LogP contribution in [0.4, 0.5) is 10.1 Å². The lowest BCUT2D eigenvalue weighted by Gasteiger charge is -2.46. The number of hydrogen-bond donors (Lipinski definition) is 1. The van der Waals surface area contributed by atoms with E-state index in [1.165, 1.54) is 11.1 Å². The highest BCUT2D eigenvalue weighted by Crippen LogP contribution is 2.47. The molecule has 13 heteroatoms. The molecule has 3 aliphatic heterocycles. The van der Waals surface area contributed by atoms with E-state index in [1.807, 2.05) is 13.0 Å². The van der Waals surface area contributed by atoms with E-state index in [4.69, 9.17) is 30.5 Å². The van der Waals surface area contributed by atoms with Gasteiger partial charge in [-0.2, -0.15) is 0 Å². The van der Waals surface area contributed by atoms with E-state index in [1.54, 1.807) is 32.2 Å². The molecule has 2 aromatic carbocycles. The number of benzene rings is 2. The van der Waals surface area contributed by atoms with E-state index in [0.29, 0.717) is 50.2 Å². The van der Waals surface area contributed by atoms with Crippen molar-refractivity contribution in [3.05, 3.63) is 70.3 Å². The Morgan fingerprint density at radius 3 is 2.81 bits per heavy atom. The van der Waals surface area contributed by atoms with Gasteiger partial charge < -0.3 is 23.8 Å². The summed E-state index contributed by atoms with van der Waals surface area (Å²) in [4.78, 5) is 29.7. The van der Waals surface area contributed by atoms with Crippen molar-refractivity contribution in [2.45, 2.75) is 87.8 Å². The minimum Gasteiger partial charge on any atom is -0.490 e. The fourth-order valence-corrected chi connectivity index (χ4v) is 10.8. The molecule has 2 aliphatic carbocycles. The fourth-order valence-electron chi connectivity index (χ4n) is 8.74. The van der Waals surface area contributed by atoms with Gasteiger partial charge in [0.2, 0.25) is 0 Å². The molecule has 7 rings (SSSR count). The van der Waals surface area contributed by atoms with Crippen LogP contribution in [0.2, 0.25) is 5.02 Å². The quantitative estimate of drug-likeness (QED) is 0.338. The first-order chi connectivity index (χ1) is 25.5. The number of ether oxygens (including phenoxy) is 4. The van der Waals surface area contributed by atoms with Gasteiger partial charge in [-0.3, -0.25) is 14.3 Å². The average Bonchev–Trinajstić information content (AvgIpc) is 3.28. The predicted octanol–water partition coefficient (Wildman–Crippen LogP) is 6.62. The van der Waals surface area contributed by atoms with Crippen LogP contribution in [0, 0.1) is 17.8 Å². The Bertz CT molecular complexity index is 1850. The lowest BCUT2D eigenvalue weighted by molar-refractivity contribution is -0.132. The van der Waals surface area contributed by atoms with Crippen LogP contribution in [0.1, 0.15) is 73.9 Å². The lowest BCUT2D eigenvalue weighted by Crippen LogP contribution is -2.49. The number of alkyl halides is 1. The molecule has 2 bridgehead atoms. The van der Waals surface area contributed by atoms with E-state index >= 15 is 0 Å². The van der Waals surface area contributed by atoms with Crippen LogP contribution in [-0.4, -0.2) is 86.3 Å². The summed E-state index contributed by atoms with van der Waals surface area (Å²) in [6.45, 7) is 5.28. The predicted molar refractivity (Wildman–Crippen MR) is 203 cm³/mol. The highest BCUT2D eigenvalue weighted by Gasteiger charge is 2.44. The van der Waals surface area contributed by atoms with Crippen LogP contribution in [0.25, 0.3) is 0 Å². The summed E-state index contributed by atoms with van der Waals surface area (Å²) in [6, 6.07) is 11.4. The number of methoxy groups -OCH3 is 1. The maximum atomic E-state index is 14.8. The SMILES string of the molecule is COC1/C=C/CC(C)C(C)S(=O)(NC(=O)COC2CCOCC2F)=NC(=O)c2ccc3c(c2)N(CC2CCC21)CC1(CCCc2cc(Cl)ccc21)CO3. The summed E-state index contributed by atoms with van der Waals surface area (Å²) in [7, 11) is -1.94. The van der Waals surface area contributed by atoms with Crippen LogP contribution in [0.15, 0.2) is 52.9 Å². The number of anilines is 1. The van der Waals surface area contributed by atoms with Crippen LogP contribution < -0.4 is 14.4 Å². The second-order valence-electron chi connectivity index (χ2n) is 15.6. The third-order valence-electron chi connectivity index (χ3n) is 12.2. The molecule has 1 N–H and O–H groups in total. The van der Waals surface area contributed by atoms with Crippen LogP contribution >= 0.6 is 11.6 Å². The molecule has 9 unspecified atom stereocenters.